The number of ketones is 1. The number of amides is 1. The average molecular weight is 401 g/mol. The molecule has 0 aliphatic carbocycles. The molecule has 1 amide bonds. The van der Waals surface area contributed by atoms with Gasteiger partial charge in [-0.05, 0) is 24.3 Å². The maximum absolute atomic E-state index is 12.5. The molecule has 2 aromatic heterocycles. The Morgan fingerprint density at radius 1 is 0.767 bits per heavy atom. The Balaban J connectivity index is 1.27. The van der Waals surface area contributed by atoms with Gasteiger partial charge < -0.3 is 9.80 Å². The zero-order chi connectivity index (χ0) is 20.8. The molecule has 0 unspecified atom stereocenters. The van der Waals surface area contributed by atoms with Crippen molar-refractivity contribution in [2.45, 2.75) is 12.8 Å². The molecule has 0 spiro atoms. The van der Waals surface area contributed by atoms with Crippen LogP contribution in [0.4, 0.5) is 5.82 Å². The SMILES string of the molecule is O=C(CCC(=O)N1CCN(c2ccc(-c3ccccn3)nn2)CC1)c1ccccc1. The van der Waals surface area contributed by atoms with E-state index in [0.29, 0.717) is 31.7 Å². The Hall–Kier alpha value is -3.61. The van der Waals surface area contributed by atoms with E-state index < -0.39 is 0 Å². The maximum atomic E-state index is 12.5. The summed E-state index contributed by atoms with van der Waals surface area (Å²) in [5, 5.41) is 8.61. The van der Waals surface area contributed by atoms with Gasteiger partial charge in [0, 0.05) is 50.8 Å². The fourth-order valence-corrected chi connectivity index (χ4v) is 3.48. The fraction of sp³-hybridized carbons (Fsp3) is 0.261. The third-order valence-corrected chi connectivity index (χ3v) is 5.20. The third-order valence-electron chi connectivity index (χ3n) is 5.20. The van der Waals surface area contributed by atoms with Crippen molar-refractivity contribution in [3.8, 4) is 11.4 Å². The minimum absolute atomic E-state index is 0.00542. The number of nitrogens with zero attached hydrogens (tertiary/aromatic N) is 5. The monoisotopic (exact) mass is 401 g/mol. The smallest absolute Gasteiger partial charge is 0.223 e. The van der Waals surface area contributed by atoms with Crippen LogP contribution < -0.4 is 4.90 Å². The number of Topliss-reactive ketones (excluding diaryl/α,β-unsaturated/α-hetero) is 1. The van der Waals surface area contributed by atoms with Gasteiger partial charge in [0.05, 0.1) is 5.69 Å². The molecule has 3 heterocycles. The van der Waals surface area contributed by atoms with E-state index in [1.54, 1.807) is 18.3 Å². The summed E-state index contributed by atoms with van der Waals surface area (Å²) in [4.78, 5) is 32.9. The quantitative estimate of drug-likeness (QED) is 0.591. The second kappa shape index (κ2) is 9.26. The molecule has 0 radical (unpaired) electrons. The van der Waals surface area contributed by atoms with Gasteiger partial charge in [0.15, 0.2) is 11.6 Å². The van der Waals surface area contributed by atoms with Gasteiger partial charge in [-0.1, -0.05) is 36.4 Å². The molecule has 3 aromatic rings. The fourth-order valence-electron chi connectivity index (χ4n) is 3.48. The molecule has 0 N–H and O–H groups in total. The number of carbonyl (C=O) groups excluding carboxylic acids is 2. The summed E-state index contributed by atoms with van der Waals surface area (Å²) in [6, 6.07) is 18.6. The summed E-state index contributed by atoms with van der Waals surface area (Å²) < 4.78 is 0. The highest BCUT2D eigenvalue weighted by Gasteiger charge is 2.22. The number of aromatic nitrogens is 3. The number of carbonyl (C=O) groups is 2. The molecular weight excluding hydrogens is 378 g/mol. The molecule has 1 fully saturated rings. The highest BCUT2D eigenvalue weighted by Crippen LogP contribution is 2.18. The van der Waals surface area contributed by atoms with Crippen molar-refractivity contribution in [3.05, 3.63) is 72.4 Å². The van der Waals surface area contributed by atoms with Gasteiger partial charge >= 0.3 is 0 Å². The Morgan fingerprint density at radius 2 is 1.53 bits per heavy atom. The number of benzene rings is 1. The summed E-state index contributed by atoms with van der Waals surface area (Å²) in [7, 11) is 0. The van der Waals surface area contributed by atoms with Crippen LogP contribution in [0, 0.1) is 0 Å². The van der Waals surface area contributed by atoms with Crippen LogP contribution in [0.2, 0.25) is 0 Å². The van der Waals surface area contributed by atoms with Crippen molar-refractivity contribution < 1.29 is 9.59 Å². The number of pyridine rings is 1. The summed E-state index contributed by atoms with van der Waals surface area (Å²) in [6.07, 6.45) is 2.21. The lowest BCUT2D eigenvalue weighted by atomic mass is 10.1. The minimum Gasteiger partial charge on any atom is -0.352 e. The summed E-state index contributed by atoms with van der Waals surface area (Å²) in [6.45, 7) is 2.61. The van der Waals surface area contributed by atoms with Crippen molar-refractivity contribution in [3.63, 3.8) is 0 Å². The van der Waals surface area contributed by atoms with Crippen molar-refractivity contribution in [1.29, 1.82) is 0 Å². The highest BCUT2D eigenvalue weighted by molar-refractivity contribution is 5.97. The highest BCUT2D eigenvalue weighted by atomic mass is 16.2. The van der Waals surface area contributed by atoms with Gasteiger partial charge in [-0.25, -0.2) is 0 Å². The zero-order valence-electron chi connectivity index (χ0n) is 16.6. The van der Waals surface area contributed by atoms with Gasteiger partial charge in [0.25, 0.3) is 0 Å². The second-order valence-electron chi connectivity index (χ2n) is 7.15. The van der Waals surface area contributed by atoms with E-state index in [2.05, 4.69) is 20.1 Å². The van der Waals surface area contributed by atoms with E-state index in [9.17, 15) is 9.59 Å². The van der Waals surface area contributed by atoms with E-state index in [4.69, 9.17) is 0 Å². The van der Waals surface area contributed by atoms with Gasteiger partial charge in [0.2, 0.25) is 5.91 Å². The van der Waals surface area contributed by atoms with Crippen LogP contribution in [0.15, 0.2) is 66.9 Å². The van der Waals surface area contributed by atoms with E-state index in [-0.39, 0.29) is 24.5 Å². The summed E-state index contributed by atoms with van der Waals surface area (Å²) in [5.41, 5.74) is 2.18. The van der Waals surface area contributed by atoms with Crippen molar-refractivity contribution >= 4 is 17.5 Å². The molecule has 1 saturated heterocycles. The number of piperazine rings is 1. The number of hydrogen-bond acceptors (Lipinski definition) is 6. The first-order valence-electron chi connectivity index (χ1n) is 10.1. The molecule has 1 aromatic carbocycles. The first-order chi connectivity index (χ1) is 14.7. The lowest BCUT2D eigenvalue weighted by molar-refractivity contribution is -0.131. The number of rotatable bonds is 6. The zero-order valence-corrected chi connectivity index (χ0v) is 16.6. The predicted molar refractivity (Wildman–Crippen MR) is 114 cm³/mol. The molecule has 1 aliphatic heterocycles. The van der Waals surface area contributed by atoms with Gasteiger partial charge in [-0.2, -0.15) is 0 Å². The van der Waals surface area contributed by atoms with Gasteiger partial charge in [0.1, 0.15) is 5.69 Å². The van der Waals surface area contributed by atoms with Gasteiger partial charge in [-0.3, -0.25) is 14.6 Å². The molecule has 152 valence electrons. The normalized spacial score (nSPS) is 13.9. The number of hydrogen-bond donors (Lipinski definition) is 0. The largest absolute Gasteiger partial charge is 0.352 e. The van der Waals surface area contributed by atoms with E-state index in [1.165, 1.54) is 0 Å². The molecule has 0 bridgehead atoms. The van der Waals surface area contributed by atoms with Crippen LogP contribution in [0.1, 0.15) is 23.2 Å². The summed E-state index contributed by atoms with van der Waals surface area (Å²) >= 11 is 0. The molecule has 7 nitrogen and oxygen atoms in total. The van der Waals surface area contributed by atoms with Crippen LogP contribution in [-0.2, 0) is 4.79 Å². The lowest BCUT2D eigenvalue weighted by Gasteiger charge is -2.35. The average Bonchev–Trinajstić information content (AvgIpc) is 2.83. The van der Waals surface area contributed by atoms with Crippen molar-refractivity contribution in [2.24, 2.45) is 0 Å². The molecular formula is C23H23N5O2. The minimum atomic E-state index is 0.00542. The Labute approximate surface area is 175 Å². The van der Waals surface area contributed by atoms with Crippen LogP contribution in [-0.4, -0.2) is 58.0 Å². The van der Waals surface area contributed by atoms with Crippen LogP contribution in [0.3, 0.4) is 0 Å². The predicted octanol–water partition coefficient (Wildman–Crippen LogP) is 2.85. The Bertz CT molecular complexity index is 985. The van der Waals surface area contributed by atoms with Gasteiger partial charge in [-0.15, -0.1) is 10.2 Å². The standard InChI is InChI=1S/C23H23N5O2/c29-21(18-6-2-1-3-7-18)10-12-23(30)28-16-14-27(15-17-28)22-11-9-20(25-26-22)19-8-4-5-13-24-19/h1-9,11,13H,10,12,14-17H2. The van der Waals surface area contributed by atoms with Crippen molar-refractivity contribution in [1.82, 2.24) is 20.1 Å². The molecule has 0 atom stereocenters. The Kier molecular flexibility index (Phi) is 6.08. The number of anilines is 1. The second-order valence-corrected chi connectivity index (χ2v) is 7.15. The van der Waals surface area contributed by atoms with E-state index in [1.807, 2.05) is 53.4 Å². The van der Waals surface area contributed by atoms with Crippen LogP contribution in [0.25, 0.3) is 11.4 Å². The van der Waals surface area contributed by atoms with E-state index in [0.717, 1.165) is 17.2 Å². The molecule has 7 heteroatoms. The van der Waals surface area contributed by atoms with Crippen LogP contribution >= 0.6 is 0 Å². The molecule has 4 rings (SSSR count). The first kappa shape index (κ1) is 19.7. The molecule has 1 aliphatic rings. The molecule has 30 heavy (non-hydrogen) atoms. The van der Waals surface area contributed by atoms with E-state index >= 15 is 0 Å². The van der Waals surface area contributed by atoms with Crippen LogP contribution in [0.5, 0.6) is 0 Å². The summed E-state index contributed by atoms with van der Waals surface area (Å²) in [5.74, 6) is 0.822. The third kappa shape index (κ3) is 4.68. The molecule has 0 saturated carbocycles. The van der Waals surface area contributed by atoms with Crippen molar-refractivity contribution in [2.75, 3.05) is 31.1 Å². The first-order valence-corrected chi connectivity index (χ1v) is 10.1. The lowest BCUT2D eigenvalue weighted by Crippen LogP contribution is -2.49. The Morgan fingerprint density at radius 3 is 2.20 bits per heavy atom. The maximum Gasteiger partial charge on any atom is 0.223 e. The topological polar surface area (TPSA) is 79.3 Å².